The lowest BCUT2D eigenvalue weighted by Crippen LogP contribution is -2.08. The third-order valence-corrected chi connectivity index (χ3v) is 3.06. The number of methoxy groups -OCH3 is 1. The molecule has 0 fully saturated rings. The summed E-state index contributed by atoms with van der Waals surface area (Å²) in [6, 6.07) is 15.1. The van der Waals surface area contributed by atoms with Crippen LogP contribution < -0.4 is 4.90 Å². The number of hydrogen-bond acceptors (Lipinski definition) is 4. The molecule has 0 N–H and O–H groups in total. The molecule has 0 saturated carbocycles. The van der Waals surface area contributed by atoms with Crippen LogP contribution in [-0.2, 0) is 4.74 Å². The SMILES string of the molecule is COC(=O)c1ccc(N=Cc2ccc(N(C)C)cc2)cc1. The first-order valence-electron chi connectivity index (χ1n) is 6.60. The van der Waals surface area contributed by atoms with Crippen molar-refractivity contribution in [3.05, 3.63) is 59.7 Å². The van der Waals surface area contributed by atoms with E-state index in [0.717, 1.165) is 16.9 Å². The molecule has 0 aromatic heterocycles. The fraction of sp³-hybridized carbons (Fsp3) is 0.176. The van der Waals surface area contributed by atoms with Gasteiger partial charge in [0.25, 0.3) is 0 Å². The molecule has 0 radical (unpaired) electrons. The zero-order valence-corrected chi connectivity index (χ0v) is 12.4. The molecule has 0 heterocycles. The van der Waals surface area contributed by atoms with E-state index >= 15 is 0 Å². The molecule has 0 amide bonds. The van der Waals surface area contributed by atoms with E-state index in [9.17, 15) is 4.79 Å². The van der Waals surface area contributed by atoms with Crippen molar-refractivity contribution in [3.63, 3.8) is 0 Å². The minimum atomic E-state index is -0.343. The van der Waals surface area contributed by atoms with Crippen LogP contribution in [0.25, 0.3) is 0 Å². The second-order valence-electron chi connectivity index (χ2n) is 4.78. The van der Waals surface area contributed by atoms with E-state index in [2.05, 4.69) is 9.73 Å². The number of nitrogens with zero attached hydrogens (tertiary/aromatic N) is 2. The van der Waals surface area contributed by atoms with Crippen LogP contribution in [0.3, 0.4) is 0 Å². The molecule has 0 saturated heterocycles. The summed E-state index contributed by atoms with van der Waals surface area (Å²) in [5, 5.41) is 0. The van der Waals surface area contributed by atoms with Crippen LogP contribution in [0.5, 0.6) is 0 Å². The third kappa shape index (κ3) is 3.92. The zero-order chi connectivity index (χ0) is 15.2. The summed E-state index contributed by atoms with van der Waals surface area (Å²) < 4.78 is 4.65. The van der Waals surface area contributed by atoms with Gasteiger partial charge >= 0.3 is 5.97 Å². The number of ether oxygens (including phenoxy) is 1. The summed E-state index contributed by atoms with van der Waals surface area (Å²) in [5.41, 5.74) is 3.48. The predicted octanol–water partition coefficient (Wildman–Crippen LogP) is 3.29. The Hall–Kier alpha value is -2.62. The van der Waals surface area contributed by atoms with Crippen molar-refractivity contribution < 1.29 is 9.53 Å². The molecule has 0 atom stereocenters. The predicted molar refractivity (Wildman–Crippen MR) is 85.8 cm³/mol. The maximum Gasteiger partial charge on any atom is 0.337 e. The number of aliphatic imine (C=N–C) groups is 1. The number of anilines is 1. The van der Waals surface area contributed by atoms with Crippen molar-refractivity contribution in [2.24, 2.45) is 4.99 Å². The lowest BCUT2D eigenvalue weighted by atomic mass is 10.2. The molecular formula is C17H18N2O2. The van der Waals surface area contributed by atoms with Gasteiger partial charge in [-0.05, 0) is 42.0 Å². The van der Waals surface area contributed by atoms with Gasteiger partial charge in [0.05, 0.1) is 18.4 Å². The monoisotopic (exact) mass is 282 g/mol. The molecule has 0 unspecified atom stereocenters. The number of rotatable bonds is 4. The molecule has 0 aliphatic heterocycles. The van der Waals surface area contributed by atoms with Gasteiger partial charge < -0.3 is 9.64 Å². The summed E-state index contributed by atoms with van der Waals surface area (Å²) in [7, 11) is 5.38. The van der Waals surface area contributed by atoms with Crippen molar-refractivity contribution in [1.82, 2.24) is 0 Å². The summed E-state index contributed by atoms with van der Waals surface area (Å²) in [4.78, 5) is 17.8. The van der Waals surface area contributed by atoms with Gasteiger partial charge in [-0.25, -0.2) is 4.79 Å². The number of carbonyl (C=O) groups is 1. The topological polar surface area (TPSA) is 41.9 Å². The van der Waals surface area contributed by atoms with Crippen LogP contribution in [-0.4, -0.2) is 33.4 Å². The first kappa shape index (κ1) is 14.8. The summed E-state index contributed by atoms with van der Waals surface area (Å²) >= 11 is 0. The smallest absolute Gasteiger partial charge is 0.337 e. The molecule has 4 nitrogen and oxygen atoms in total. The molecule has 2 aromatic rings. The van der Waals surface area contributed by atoms with Crippen molar-refractivity contribution >= 4 is 23.6 Å². The Morgan fingerprint density at radius 3 is 2.19 bits per heavy atom. The lowest BCUT2D eigenvalue weighted by molar-refractivity contribution is 0.0601. The van der Waals surface area contributed by atoms with E-state index in [1.807, 2.05) is 43.3 Å². The van der Waals surface area contributed by atoms with Crippen molar-refractivity contribution in [3.8, 4) is 0 Å². The van der Waals surface area contributed by atoms with Crippen molar-refractivity contribution in [2.75, 3.05) is 26.1 Å². The zero-order valence-electron chi connectivity index (χ0n) is 12.4. The van der Waals surface area contributed by atoms with E-state index < -0.39 is 0 Å². The molecule has 108 valence electrons. The second-order valence-corrected chi connectivity index (χ2v) is 4.78. The molecule has 0 bridgehead atoms. The maximum absolute atomic E-state index is 11.3. The summed E-state index contributed by atoms with van der Waals surface area (Å²) in [6.45, 7) is 0. The lowest BCUT2D eigenvalue weighted by Gasteiger charge is -2.11. The van der Waals surface area contributed by atoms with Gasteiger partial charge in [-0.3, -0.25) is 4.99 Å². The minimum absolute atomic E-state index is 0.343. The molecule has 0 aliphatic rings. The van der Waals surface area contributed by atoms with Crippen LogP contribution >= 0.6 is 0 Å². The number of benzene rings is 2. The molecule has 21 heavy (non-hydrogen) atoms. The van der Waals surface area contributed by atoms with Crippen molar-refractivity contribution in [1.29, 1.82) is 0 Å². The molecule has 2 aromatic carbocycles. The van der Waals surface area contributed by atoms with E-state index in [0.29, 0.717) is 5.56 Å². The first-order chi connectivity index (χ1) is 10.1. The van der Waals surface area contributed by atoms with Gasteiger partial charge in [0.2, 0.25) is 0 Å². The van der Waals surface area contributed by atoms with Crippen molar-refractivity contribution in [2.45, 2.75) is 0 Å². The largest absolute Gasteiger partial charge is 0.465 e. The van der Waals surface area contributed by atoms with Gasteiger partial charge in [-0.15, -0.1) is 0 Å². The molecule has 4 heteroatoms. The first-order valence-corrected chi connectivity index (χ1v) is 6.60. The maximum atomic E-state index is 11.3. The molecule has 0 aliphatic carbocycles. The second kappa shape index (κ2) is 6.70. The van der Waals surface area contributed by atoms with E-state index in [4.69, 9.17) is 0 Å². The minimum Gasteiger partial charge on any atom is -0.465 e. The average molecular weight is 282 g/mol. The number of esters is 1. The normalized spacial score (nSPS) is 10.6. The Kier molecular flexibility index (Phi) is 4.72. The highest BCUT2D eigenvalue weighted by Gasteiger charge is 2.03. The Balaban J connectivity index is 2.08. The van der Waals surface area contributed by atoms with Crippen LogP contribution in [0.4, 0.5) is 11.4 Å². The van der Waals surface area contributed by atoms with Crippen LogP contribution in [0.15, 0.2) is 53.5 Å². The Bertz CT molecular complexity index is 629. The molecule has 0 spiro atoms. The van der Waals surface area contributed by atoms with E-state index in [-0.39, 0.29) is 5.97 Å². The fourth-order valence-corrected chi connectivity index (χ4v) is 1.81. The quantitative estimate of drug-likeness (QED) is 0.638. The van der Waals surface area contributed by atoms with Gasteiger partial charge in [0.15, 0.2) is 0 Å². The summed E-state index contributed by atoms with van der Waals surface area (Å²) in [6.07, 6.45) is 1.80. The summed E-state index contributed by atoms with van der Waals surface area (Å²) in [5.74, 6) is -0.343. The van der Waals surface area contributed by atoms with E-state index in [1.165, 1.54) is 7.11 Å². The fourth-order valence-electron chi connectivity index (χ4n) is 1.81. The number of carbonyl (C=O) groups excluding carboxylic acids is 1. The van der Waals surface area contributed by atoms with E-state index in [1.54, 1.807) is 30.5 Å². The highest BCUT2D eigenvalue weighted by atomic mass is 16.5. The average Bonchev–Trinajstić information content (AvgIpc) is 2.53. The Morgan fingerprint density at radius 2 is 1.67 bits per heavy atom. The van der Waals surface area contributed by atoms with Crippen LogP contribution in [0, 0.1) is 0 Å². The van der Waals surface area contributed by atoms with Gasteiger partial charge in [-0.2, -0.15) is 0 Å². The third-order valence-electron chi connectivity index (χ3n) is 3.06. The standard InChI is InChI=1S/C17H18N2O2/c1-19(2)16-10-4-13(5-11-16)12-18-15-8-6-14(7-9-15)17(20)21-3/h4-12H,1-3H3. The highest BCUT2D eigenvalue weighted by molar-refractivity contribution is 5.90. The Labute approximate surface area is 124 Å². The molecular weight excluding hydrogens is 264 g/mol. The van der Waals surface area contributed by atoms with Crippen LogP contribution in [0.1, 0.15) is 15.9 Å². The number of hydrogen-bond donors (Lipinski definition) is 0. The van der Waals surface area contributed by atoms with Gasteiger partial charge in [0, 0.05) is 26.0 Å². The van der Waals surface area contributed by atoms with Crippen LogP contribution in [0.2, 0.25) is 0 Å². The van der Waals surface area contributed by atoms with Gasteiger partial charge in [-0.1, -0.05) is 12.1 Å². The van der Waals surface area contributed by atoms with Gasteiger partial charge in [0.1, 0.15) is 0 Å². The Morgan fingerprint density at radius 1 is 1.05 bits per heavy atom. The molecule has 2 rings (SSSR count). The highest BCUT2D eigenvalue weighted by Crippen LogP contribution is 2.15.